The van der Waals surface area contributed by atoms with Gasteiger partial charge in [-0.1, -0.05) is 0 Å². The quantitative estimate of drug-likeness (QED) is 0.687. The first-order chi connectivity index (χ1) is 7.22. The summed E-state index contributed by atoms with van der Waals surface area (Å²) in [5.74, 6) is 0.436. The SMILES string of the molecule is CCOc1nccc2oc(B(O)O)cc12. The summed E-state index contributed by atoms with van der Waals surface area (Å²) in [6.07, 6.45) is 1.55. The zero-order chi connectivity index (χ0) is 10.8. The van der Waals surface area contributed by atoms with Gasteiger partial charge in [0.05, 0.1) is 12.0 Å². The number of aromatic nitrogens is 1. The fourth-order valence-corrected chi connectivity index (χ4v) is 1.34. The summed E-state index contributed by atoms with van der Waals surface area (Å²) in [5, 5.41) is 18.5. The molecular weight excluding hydrogens is 197 g/mol. The van der Waals surface area contributed by atoms with Gasteiger partial charge in [0.2, 0.25) is 5.88 Å². The standard InChI is InChI=1S/C9H10BNO4/c1-2-14-9-6-5-8(10(12)13)15-7(6)3-4-11-9/h3-5,12-13H,2H2,1H3. The van der Waals surface area contributed by atoms with E-state index in [2.05, 4.69) is 4.98 Å². The van der Waals surface area contributed by atoms with Crippen LogP contribution in [-0.2, 0) is 0 Å². The minimum absolute atomic E-state index is 0.0824. The monoisotopic (exact) mass is 207 g/mol. The van der Waals surface area contributed by atoms with Crippen LogP contribution in [0.5, 0.6) is 5.88 Å². The van der Waals surface area contributed by atoms with Gasteiger partial charge >= 0.3 is 7.12 Å². The second-order valence-corrected chi connectivity index (χ2v) is 2.98. The average molecular weight is 207 g/mol. The van der Waals surface area contributed by atoms with E-state index in [1.807, 2.05) is 6.92 Å². The third-order valence-corrected chi connectivity index (χ3v) is 1.96. The summed E-state index contributed by atoms with van der Waals surface area (Å²) in [6.45, 7) is 2.34. The molecule has 0 spiro atoms. The van der Waals surface area contributed by atoms with Gasteiger partial charge in [0.1, 0.15) is 11.2 Å². The molecule has 2 heterocycles. The van der Waals surface area contributed by atoms with Gasteiger partial charge < -0.3 is 19.2 Å². The Balaban J connectivity index is 2.54. The summed E-state index contributed by atoms with van der Waals surface area (Å²) >= 11 is 0. The summed E-state index contributed by atoms with van der Waals surface area (Å²) in [4.78, 5) is 4.02. The predicted molar refractivity (Wildman–Crippen MR) is 55.0 cm³/mol. The molecule has 0 saturated carbocycles. The third kappa shape index (κ3) is 1.81. The molecule has 0 aromatic carbocycles. The lowest BCUT2D eigenvalue weighted by molar-refractivity contribution is 0.331. The van der Waals surface area contributed by atoms with Crippen molar-refractivity contribution in [2.75, 3.05) is 6.61 Å². The Kier molecular flexibility index (Phi) is 2.61. The van der Waals surface area contributed by atoms with Crippen molar-refractivity contribution in [3.8, 4) is 5.88 Å². The fraction of sp³-hybridized carbons (Fsp3) is 0.222. The van der Waals surface area contributed by atoms with Crippen LogP contribution in [0.3, 0.4) is 0 Å². The molecule has 0 unspecified atom stereocenters. The maximum atomic E-state index is 8.95. The Bertz CT molecular complexity index is 468. The van der Waals surface area contributed by atoms with Gasteiger partial charge in [0.25, 0.3) is 0 Å². The average Bonchev–Trinajstić information content (AvgIpc) is 2.63. The molecule has 0 aliphatic rings. The molecule has 0 saturated heterocycles. The summed E-state index contributed by atoms with van der Waals surface area (Å²) in [6, 6.07) is 3.15. The number of pyridine rings is 1. The number of furan rings is 1. The Labute approximate surface area is 86.5 Å². The van der Waals surface area contributed by atoms with E-state index in [-0.39, 0.29) is 5.66 Å². The zero-order valence-corrected chi connectivity index (χ0v) is 8.17. The normalized spacial score (nSPS) is 10.6. The summed E-state index contributed by atoms with van der Waals surface area (Å²) < 4.78 is 10.5. The first kappa shape index (κ1) is 10.0. The van der Waals surface area contributed by atoms with Crippen LogP contribution in [0, 0.1) is 0 Å². The number of fused-ring (bicyclic) bond motifs is 1. The lowest BCUT2D eigenvalue weighted by Gasteiger charge is -2.00. The van der Waals surface area contributed by atoms with E-state index in [1.165, 1.54) is 6.07 Å². The van der Waals surface area contributed by atoms with Crippen molar-refractivity contribution in [1.82, 2.24) is 4.98 Å². The van der Waals surface area contributed by atoms with Crippen LogP contribution in [-0.4, -0.2) is 28.8 Å². The number of rotatable bonds is 3. The Morgan fingerprint density at radius 2 is 2.33 bits per heavy atom. The van der Waals surface area contributed by atoms with E-state index in [9.17, 15) is 0 Å². The van der Waals surface area contributed by atoms with Crippen LogP contribution >= 0.6 is 0 Å². The first-order valence-corrected chi connectivity index (χ1v) is 4.59. The minimum atomic E-state index is -1.62. The topological polar surface area (TPSA) is 75.7 Å². The molecule has 2 rings (SSSR count). The molecule has 6 heteroatoms. The van der Waals surface area contributed by atoms with E-state index in [0.717, 1.165) is 0 Å². The lowest BCUT2D eigenvalue weighted by Crippen LogP contribution is -2.27. The highest BCUT2D eigenvalue weighted by molar-refractivity contribution is 6.57. The van der Waals surface area contributed by atoms with Crippen LogP contribution in [0.15, 0.2) is 22.7 Å². The van der Waals surface area contributed by atoms with Crippen molar-refractivity contribution in [3.63, 3.8) is 0 Å². The van der Waals surface area contributed by atoms with Gasteiger partial charge in [-0.25, -0.2) is 4.98 Å². The second-order valence-electron chi connectivity index (χ2n) is 2.98. The molecule has 0 radical (unpaired) electrons. The highest BCUT2D eigenvalue weighted by Crippen LogP contribution is 2.22. The van der Waals surface area contributed by atoms with E-state index in [4.69, 9.17) is 19.2 Å². The van der Waals surface area contributed by atoms with Crippen molar-refractivity contribution in [1.29, 1.82) is 0 Å². The van der Waals surface area contributed by atoms with Crippen LogP contribution in [0.25, 0.3) is 11.0 Å². The van der Waals surface area contributed by atoms with Gasteiger partial charge in [-0.2, -0.15) is 0 Å². The molecule has 5 nitrogen and oxygen atoms in total. The van der Waals surface area contributed by atoms with Crippen molar-refractivity contribution >= 4 is 23.7 Å². The highest BCUT2D eigenvalue weighted by Gasteiger charge is 2.18. The van der Waals surface area contributed by atoms with Gasteiger partial charge in [-0.05, 0) is 19.1 Å². The largest absolute Gasteiger partial charge is 0.526 e. The van der Waals surface area contributed by atoms with Gasteiger partial charge in [-0.3, -0.25) is 0 Å². The molecule has 0 aliphatic heterocycles. The summed E-state index contributed by atoms with van der Waals surface area (Å²) in [5.41, 5.74) is 0.607. The maximum absolute atomic E-state index is 8.95. The molecule has 0 amide bonds. The van der Waals surface area contributed by atoms with E-state index >= 15 is 0 Å². The van der Waals surface area contributed by atoms with Crippen LogP contribution in [0.2, 0.25) is 0 Å². The molecule has 0 aliphatic carbocycles. The Morgan fingerprint density at radius 3 is 3.00 bits per heavy atom. The van der Waals surface area contributed by atoms with Crippen LogP contribution in [0.1, 0.15) is 6.92 Å². The van der Waals surface area contributed by atoms with E-state index < -0.39 is 7.12 Å². The van der Waals surface area contributed by atoms with Gasteiger partial charge in [0.15, 0.2) is 0 Å². The maximum Gasteiger partial charge on any atom is 0.526 e. The summed E-state index contributed by atoms with van der Waals surface area (Å²) in [7, 11) is -1.62. The van der Waals surface area contributed by atoms with Crippen LogP contribution < -0.4 is 10.4 Å². The fourth-order valence-electron chi connectivity index (χ4n) is 1.34. The number of nitrogens with zero attached hydrogens (tertiary/aromatic N) is 1. The number of hydrogen-bond acceptors (Lipinski definition) is 5. The van der Waals surface area contributed by atoms with Crippen molar-refractivity contribution in [2.45, 2.75) is 6.92 Å². The van der Waals surface area contributed by atoms with Crippen molar-refractivity contribution in [2.24, 2.45) is 0 Å². The zero-order valence-electron chi connectivity index (χ0n) is 8.17. The van der Waals surface area contributed by atoms with Gasteiger partial charge in [-0.15, -0.1) is 0 Å². The van der Waals surface area contributed by atoms with E-state index in [1.54, 1.807) is 12.3 Å². The molecule has 0 bridgehead atoms. The number of ether oxygens (including phenoxy) is 1. The Hall–Kier alpha value is -1.53. The predicted octanol–water partition coefficient (Wildman–Crippen LogP) is -0.0937. The van der Waals surface area contributed by atoms with Crippen molar-refractivity contribution < 1.29 is 19.2 Å². The van der Waals surface area contributed by atoms with E-state index in [0.29, 0.717) is 23.5 Å². The third-order valence-electron chi connectivity index (χ3n) is 1.96. The minimum Gasteiger partial charge on any atom is -0.477 e. The molecule has 78 valence electrons. The Morgan fingerprint density at radius 1 is 1.53 bits per heavy atom. The smallest absolute Gasteiger partial charge is 0.477 e. The van der Waals surface area contributed by atoms with Crippen LogP contribution in [0.4, 0.5) is 0 Å². The number of hydrogen-bond donors (Lipinski definition) is 2. The molecule has 0 atom stereocenters. The first-order valence-electron chi connectivity index (χ1n) is 4.59. The highest BCUT2D eigenvalue weighted by atomic mass is 16.5. The lowest BCUT2D eigenvalue weighted by atomic mass is 9.88. The molecule has 2 aromatic heterocycles. The van der Waals surface area contributed by atoms with Gasteiger partial charge in [0, 0.05) is 6.20 Å². The molecule has 0 fully saturated rings. The van der Waals surface area contributed by atoms with Crippen molar-refractivity contribution in [3.05, 3.63) is 18.3 Å². The molecule has 2 N–H and O–H groups in total. The molecule has 15 heavy (non-hydrogen) atoms. The molecular formula is C9H10BNO4. The molecule has 2 aromatic rings. The second kappa shape index (κ2) is 3.92.